The van der Waals surface area contributed by atoms with Gasteiger partial charge in [-0.3, -0.25) is 4.21 Å². The van der Waals surface area contributed by atoms with Crippen molar-refractivity contribution in [1.29, 1.82) is 0 Å². The van der Waals surface area contributed by atoms with Crippen LogP contribution in [0.1, 0.15) is 22.8 Å². The highest BCUT2D eigenvalue weighted by Gasteiger charge is 2.30. The molecule has 1 fully saturated rings. The minimum atomic E-state index is -3.75. The number of rotatable bonds is 4. The van der Waals surface area contributed by atoms with Crippen molar-refractivity contribution >= 4 is 26.8 Å². The van der Waals surface area contributed by atoms with E-state index in [0.717, 1.165) is 0 Å². The number of nitrogens with zero attached hydrogens (tertiary/aromatic N) is 1. The summed E-state index contributed by atoms with van der Waals surface area (Å²) in [6.45, 7) is 2.23. The molecule has 1 aliphatic rings. The Balaban J connectivity index is 2.45. The van der Waals surface area contributed by atoms with Gasteiger partial charge in [0.15, 0.2) is 0 Å². The van der Waals surface area contributed by atoms with E-state index in [1.165, 1.54) is 16.4 Å². The molecule has 1 aliphatic heterocycles. The summed E-state index contributed by atoms with van der Waals surface area (Å²) in [5, 5.41) is 9.04. The molecular formula is C13H17NO5S2. The lowest BCUT2D eigenvalue weighted by Crippen LogP contribution is -2.42. The third-order valence-corrected chi connectivity index (χ3v) is 6.71. The first kappa shape index (κ1) is 16.1. The second-order valence-electron chi connectivity index (χ2n) is 4.73. The molecule has 1 aromatic carbocycles. The second-order valence-corrected chi connectivity index (χ2v) is 8.34. The second kappa shape index (κ2) is 6.25. The summed E-state index contributed by atoms with van der Waals surface area (Å²) in [5.41, 5.74) is 0.540. The van der Waals surface area contributed by atoms with Crippen molar-refractivity contribution in [2.75, 3.05) is 24.6 Å². The van der Waals surface area contributed by atoms with Gasteiger partial charge < -0.3 is 5.11 Å². The average molecular weight is 331 g/mol. The van der Waals surface area contributed by atoms with Gasteiger partial charge in [-0.05, 0) is 24.1 Å². The highest BCUT2D eigenvalue weighted by molar-refractivity contribution is 7.89. The largest absolute Gasteiger partial charge is 0.478 e. The van der Waals surface area contributed by atoms with Crippen molar-refractivity contribution in [2.24, 2.45) is 0 Å². The Labute approximate surface area is 126 Å². The quantitative estimate of drug-likeness (QED) is 0.877. The molecule has 0 amide bonds. The lowest BCUT2D eigenvalue weighted by molar-refractivity contribution is 0.0696. The van der Waals surface area contributed by atoms with Crippen LogP contribution in [0.4, 0.5) is 0 Å². The molecule has 1 aromatic rings. The Morgan fingerprint density at radius 1 is 1.33 bits per heavy atom. The number of carbonyl (C=O) groups is 1. The predicted molar refractivity (Wildman–Crippen MR) is 79.4 cm³/mol. The van der Waals surface area contributed by atoms with Gasteiger partial charge in [0.2, 0.25) is 10.0 Å². The molecule has 1 heterocycles. The summed E-state index contributed by atoms with van der Waals surface area (Å²) in [6, 6.07) is 4.16. The smallest absolute Gasteiger partial charge is 0.335 e. The summed E-state index contributed by atoms with van der Waals surface area (Å²) in [6.07, 6.45) is 0.494. The number of sulfonamides is 1. The average Bonchev–Trinajstić information content (AvgIpc) is 2.46. The molecule has 6 nitrogen and oxygen atoms in total. The first-order valence-electron chi connectivity index (χ1n) is 6.57. The van der Waals surface area contributed by atoms with Crippen LogP contribution in [0.2, 0.25) is 0 Å². The molecule has 0 spiro atoms. The zero-order chi connectivity index (χ0) is 15.6. The number of aromatic carboxylic acids is 1. The zero-order valence-electron chi connectivity index (χ0n) is 11.6. The van der Waals surface area contributed by atoms with E-state index >= 15 is 0 Å². The minimum absolute atomic E-state index is 0.0394. The molecule has 1 saturated heterocycles. The van der Waals surface area contributed by atoms with Crippen LogP contribution < -0.4 is 0 Å². The number of aryl methyl sites for hydroxylation is 1. The lowest BCUT2D eigenvalue weighted by atomic mass is 10.1. The van der Waals surface area contributed by atoms with Gasteiger partial charge in [-0.15, -0.1) is 0 Å². The zero-order valence-corrected chi connectivity index (χ0v) is 13.2. The monoisotopic (exact) mass is 331 g/mol. The standard InChI is InChI=1S/C13H17NO5S2/c1-2-10-3-4-11(13(15)16)9-12(10)21(18,19)14-5-7-20(17)8-6-14/h3-4,9H,2,5-8H2,1H3,(H,15,16). The molecule has 0 aromatic heterocycles. The summed E-state index contributed by atoms with van der Waals surface area (Å²) in [5.74, 6) is -0.521. The minimum Gasteiger partial charge on any atom is -0.478 e. The van der Waals surface area contributed by atoms with E-state index in [2.05, 4.69) is 0 Å². The van der Waals surface area contributed by atoms with Gasteiger partial charge in [0, 0.05) is 35.4 Å². The van der Waals surface area contributed by atoms with Gasteiger partial charge in [0.25, 0.3) is 0 Å². The Morgan fingerprint density at radius 3 is 2.48 bits per heavy atom. The van der Waals surface area contributed by atoms with Crippen LogP contribution in [0, 0.1) is 0 Å². The topological polar surface area (TPSA) is 91.8 Å². The number of hydrogen-bond acceptors (Lipinski definition) is 4. The molecule has 2 rings (SSSR count). The molecule has 0 atom stereocenters. The lowest BCUT2D eigenvalue weighted by Gasteiger charge is -2.26. The van der Waals surface area contributed by atoms with E-state index in [0.29, 0.717) is 23.5 Å². The first-order valence-corrected chi connectivity index (χ1v) is 9.50. The Bertz CT molecular complexity index is 674. The molecule has 0 aliphatic carbocycles. The van der Waals surface area contributed by atoms with Crippen LogP contribution in [0.5, 0.6) is 0 Å². The summed E-state index contributed by atoms with van der Waals surface area (Å²) >= 11 is 0. The molecule has 0 saturated carbocycles. The molecule has 8 heteroatoms. The molecular weight excluding hydrogens is 314 g/mol. The Morgan fingerprint density at radius 2 is 1.95 bits per heavy atom. The summed E-state index contributed by atoms with van der Waals surface area (Å²) in [7, 11) is -4.72. The van der Waals surface area contributed by atoms with Gasteiger partial charge in [-0.1, -0.05) is 13.0 Å². The maximum Gasteiger partial charge on any atom is 0.335 e. The van der Waals surface area contributed by atoms with E-state index in [4.69, 9.17) is 5.11 Å². The van der Waals surface area contributed by atoms with Crippen molar-refractivity contribution < 1.29 is 22.5 Å². The van der Waals surface area contributed by atoms with E-state index in [1.54, 1.807) is 6.07 Å². The highest BCUT2D eigenvalue weighted by Crippen LogP contribution is 2.23. The number of carboxylic acids is 1. The molecule has 1 N–H and O–H groups in total. The fourth-order valence-corrected chi connectivity index (χ4v) is 5.26. The summed E-state index contributed by atoms with van der Waals surface area (Å²) in [4.78, 5) is 11.1. The number of benzene rings is 1. The number of carboxylic acid groups (broad SMARTS) is 1. The molecule has 116 valence electrons. The normalized spacial score (nSPS) is 17.8. The van der Waals surface area contributed by atoms with Crippen LogP contribution in [0.15, 0.2) is 23.1 Å². The van der Waals surface area contributed by atoms with Gasteiger partial charge in [0.05, 0.1) is 10.5 Å². The first-order chi connectivity index (χ1) is 9.86. The fourth-order valence-electron chi connectivity index (χ4n) is 2.22. The van der Waals surface area contributed by atoms with Crippen molar-refractivity contribution in [1.82, 2.24) is 4.31 Å². The third-order valence-electron chi connectivity index (χ3n) is 3.45. The van der Waals surface area contributed by atoms with Crippen molar-refractivity contribution in [3.8, 4) is 0 Å². The number of hydrogen-bond donors (Lipinski definition) is 1. The highest BCUT2D eigenvalue weighted by atomic mass is 32.2. The van der Waals surface area contributed by atoms with E-state index in [-0.39, 0.29) is 23.5 Å². The van der Waals surface area contributed by atoms with Gasteiger partial charge in [-0.25, -0.2) is 13.2 Å². The van der Waals surface area contributed by atoms with Crippen molar-refractivity contribution in [2.45, 2.75) is 18.2 Å². The van der Waals surface area contributed by atoms with Crippen LogP contribution in [0.25, 0.3) is 0 Å². The molecule has 21 heavy (non-hydrogen) atoms. The van der Waals surface area contributed by atoms with E-state index < -0.39 is 26.8 Å². The molecule has 0 bridgehead atoms. The molecule has 0 unspecified atom stereocenters. The van der Waals surface area contributed by atoms with Crippen LogP contribution >= 0.6 is 0 Å². The van der Waals surface area contributed by atoms with Crippen LogP contribution in [-0.2, 0) is 27.2 Å². The van der Waals surface area contributed by atoms with Crippen LogP contribution in [0.3, 0.4) is 0 Å². The Hall–Kier alpha value is -1.25. The van der Waals surface area contributed by atoms with E-state index in [9.17, 15) is 17.4 Å². The SMILES string of the molecule is CCc1ccc(C(=O)O)cc1S(=O)(=O)N1CCS(=O)CC1. The molecule has 0 radical (unpaired) electrons. The van der Waals surface area contributed by atoms with Crippen LogP contribution in [-0.4, -0.2) is 52.6 Å². The van der Waals surface area contributed by atoms with Crippen molar-refractivity contribution in [3.05, 3.63) is 29.3 Å². The Kier molecular flexibility index (Phi) is 4.80. The van der Waals surface area contributed by atoms with Gasteiger partial charge >= 0.3 is 5.97 Å². The van der Waals surface area contributed by atoms with E-state index in [1.807, 2.05) is 6.92 Å². The predicted octanol–water partition coefficient (Wildman–Crippen LogP) is 0.700. The maximum atomic E-state index is 12.7. The summed E-state index contributed by atoms with van der Waals surface area (Å²) < 4.78 is 38.0. The van der Waals surface area contributed by atoms with Gasteiger partial charge in [0.1, 0.15) is 0 Å². The maximum absolute atomic E-state index is 12.7. The third kappa shape index (κ3) is 3.33. The fraction of sp³-hybridized carbons (Fsp3) is 0.462. The van der Waals surface area contributed by atoms with Gasteiger partial charge in [-0.2, -0.15) is 4.31 Å². The van der Waals surface area contributed by atoms with Crippen molar-refractivity contribution in [3.63, 3.8) is 0 Å².